The van der Waals surface area contributed by atoms with Gasteiger partial charge in [0, 0.05) is 0 Å². The van der Waals surface area contributed by atoms with Crippen molar-refractivity contribution >= 4 is 0 Å². The van der Waals surface area contributed by atoms with Gasteiger partial charge in [-0.05, 0) is 43.9 Å². The molecule has 0 radical (unpaired) electrons. The molecule has 1 aliphatic carbocycles. The SMILES string of the molecule is CCCCCC/C=C/[C@H]1CCC[C@@H]1CCCCCCCC. The maximum Gasteiger partial charge on any atom is -0.0205 e. The first-order valence-electron chi connectivity index (χ1n) is 10.0. The second-order valence-electron chi connectivity index (χ2n) is 7.19. The summed E-state index contributed by atoms with van der Waals surface area (Å²) in [5.41, 5.74) is 0. The van der Waals surface area contributed by atoms with Crippen molar-refractivity contribution < 1.29 is 0 Å². The second kappa shape index (κ2) is 13.4. The third-order valence-electron chi connectivity index (χ3n) is 5.25. The normalized spacial score (nSPS) is 22.4. The fourth-order valence-corrected chi connectivity index (χ4v) is 3.82. The first-order chi connectivity index (χ1) is 10.4. The maximum atomic E-state index is 2.58. The average Bonchev–Trinajstić information content (AvgIpc) is 2.94. The summed E-state index contributed by atoms with van der Waals surface area (Å²) in [5.74, 6) is 1.94. The van der Waals surface area contributed by atoms with Gasteiger partial charge in [-0.3, -0.25) is 0 Å². The summed E-state index contributed by atoms with van der Waals surface area (Å²) in [5, 5.41) is 0. The van der Waals surface area contributed by atoms with Crippen molar-refractivity contribution in [1.82, 2.24) is 0 Å². The van der Waals surface area contributed by atoms with Crippen LogP contribution in [0, 0.1) is 11.8 Å². The lowest BCUT2D eigenvalue weighted by Crippen LogP contribution is -2.05. The van der Waals surface area contributed by atoms with Gasteiger partial charge in [-0.2, -0.15) is 0 Å². The smallest absolute Gasteiger partial charge is 0.0205 e. The molecule has 21 heavy (non-hydrogen) atoms. The summed E-state index contributed by atoms with van der Waals surface area (Å²) in [4.78, 5) is 0. The third kappa shape index (κ3) is 9.38. The molecule has 2 atom stereocenters. The predicted octanol–water partition coefficient (Wildman–Crippen LogP) is 7.68. The lowest BCUT2D eigenvalue weighted by molar-refractivity contribution is 0.402. The van der Waals surface area contributed by atoms with Crippen LogP contribution in [0.3, 0.4) is 0 Å². The van der Waals surface area contributed by atoms with Gasteiger partial charge in [0.25, 0.3) is 0 Å². The van der Waals surface area contributed by atoms with Crippen LogP contribution in [0.4, 0.5) is 0 Å². The molecule has 0 aromatic rings. The number of allylic oxidation sites excluding steroid dienone is 2. The Hall–Kier alpha value is -0.260. The molecule has 0 amide bonds. The Labute approximate surface area is 134 Å². The van der Waals surface area contributed by atoms with E-state index in [1.165, 1.54) is 96.3 Å². The predicted molar refractivity (Wildman–Crippen MR) is 96.7 cm³/mol. The van der Waals surface area contributed by atoms with Crippen LogP contribution in [0.1, 0.15) is 110 Å². The van der Waals surface area contributed by atoms with Gasteiger partial charge in [0.1, 0.15) is 0 Å². The number of hydrogen-bond acceptors (Lipinski definition) is 0. The van der Waals surface area contributed by atoms with Gasteiger partial charge in [0.05, 0.1) is 0 Å². The zero-order valence-corrected chi connectivity index (χ0v) is 14.9. The van der Waals surface area contributed by atoms with Crippen molar-refractivity contribution in [2.24, 2.45) is 11.8 Å². The molecule has 0 aromatic heterocycles. The van der Waals surface area contributed by atoms with Gasteiger partial charge in [-0.15, -0.1) is 0 Å². The minimum absolute atomic E-state index is 0.923. The lowest BCUT2D eigenvalue weighted by Gasteiger charge is -2.16. The highest BCUT2D eigenvalue weighted by molar-refractivity contribution is 4.94. The number of hydrogen-bond donors (Lipinski definition) is 0. The minimum Gasteiger partial charge on any atom is -0.0882 e. The van der Waals surface area contributed by atoms with E-state index >= 15 is 0 Å². The molecule has 0 aromatic carbocycles. The summed E-state index contributed by atoms with van der Waals surface area (Å²) in [6.45, 7) is 4.60. The molecule has 0 heterocycles. The van der Waals surface area contributed by atoms with E-state index in [0.717, 1.165) is 11.8 Å². The molecule has 0 N–H and O–H groups in total. The van der Waals surface area contributed by atoms with Crippen molar-refractivity contribution in [1.29, 1.82) is 0 Å². The molecule has 1 fully saturated rings. The Morgan fingerprint density at radius 2 is 1.43 bits per heavy atom. The van der Waals surface area contributed by atoms with Crippen LogP contribution in [0.2, 0.25) is 0 Å². The molecule has 0 bridgehead atoms. The van der Waals surface area contributed by atoms with Crippen LogP contribution in [-0.4, -0.2) is 0 Å². The van der Waals surface area contributed by atoms with E-state index in [9.17, 15) is 0 Å². The molecule has 1 aliphatic rings. The fraction of sp³-hybridized carbons (Fsp3) is 0.905. The van der Waals surface area contributed by atoms with E-state index < -0.39 is 0 Å². The molecule has 0 aliphatic heterocycles. The van der Waals surface area contributed by atoms with Crippen molar-refractivity contribution in [2.45, 2.75) is 110 Å². The fourth-order valence-electron chi connectivity index (χ4n) is 3.82. The maximum absolute atomic E-state index is 2.58. The highest BCUT2D eigenvalue weighted by Gasteiger charge is 2.24. The van der Waals surface area contributed by atoms with Gasteiger partial charge in [0.15, 0.2) is 0 Å². The van der Waals surface area contributed by atoms with E-state index in [1.807, 2.05) is 0 Å². The van der Waals surface area contributed by atoms with Gasteiger partial charge >= 0.3 is 0 Å². The minimum atomic E-state index is 0.923. The van der Waals surface area contributed by atoms with Gasteiger partial charge in [-0.25, -0.2) is 0 Å². The summed E-state index contributed by atoms with van der Waals surface area (Å²) in [7, 11) is 0. The molecular formula is C21H40. The average molecular weight is 293 g/mol. The van der Waals surface area contributed by atoms with Crippen LogP contribution < -0.4 is 0 Å². The Balaban J connectivity index is 2.06. The molecule has 0 unspecified atom stereocenters. The van der Waals surface area contributed by atoms with Gasteiger partial charge < -0.3 is 0 Å². The van der Waals surface area contributed by atoms with Crippen molar-refractivity contribution in [3.8, 4) is 0 Å². The number of rotatable bonds is 13. The molecule has 1 rings (SSSR count). The van der Waals surface area contributed by atoms with Crippen LogP contribution >= 0.6 is 0 Å². The topological polar surface area (TPSA) is 0 Å². The van der Waals surface area contributed by atoms with Gasteiger partial charge in [-0.1, -0.05) is 90.2 Å². The molecule has 124 valence electrons. The largest absolute Gasteiger partial charge is 0.0882 e. The second-order valence-corrected chi connectivity index (χ2v) is 7.19. The Morgan fingerprint density at radius 3 is 2.19 bits per heavy atom. The molecule has 0 saturated heterocycles. The molecule has 0 nitrogen and oxygen atoms in total. The Kier molecular flexibility index (Phi) is 12.0. The van der Waals surface area contributed by atoms with Crippen LogP contribution in [0.15, 0.2) is 12.2 Å². The van der Waals surface area contributed by atoms with Crippen molar-refractivity contribution in [3.63, 3.8) is 0 Å². The zero-order valence-electron chi connectivity index (χ0n) is 14.9. The van der Waals surface area contributed by atoms with E-state index in [1.54, 1.807) is 0 Å². The first kappa shape index (κ1) is 18.8. The summed E-state index contributed by atoms with van der Waals surface area (Å²) >= 11 is 0. The molecular weight excluding hydrogens is 252 g/mol. The monoisotopic (exact) mass is 292 g/mol. The third-order valence-corrected chi connectivity index (χ3v) is 5.25. The highest BCUT2D eigenvalue weighted by atomic mass is 14.3. The summed E-state index contributed by atoms with van der Waals surface area (Å²) in [6, 6.07) is 0. The van der Waals surface area contributed by atoms with Crippen molar-refractivity contribution in [2.75, 3.05) is 0 Å². The van der Waals surface area contributed by atoms with Crippen LogP contribution in [0.5, 0.6) is 0 Å². The molecule has 1 saturated carbocycles. The van der Waals surface area contributed by atoms with E-state index in [4.69, 9.17) is 0 Å². The quantitative estimate of drug-likeness (QED) is 0.241. The van der Waals surface area contributed by atoms with E-state index in [-0.39, 0.29) is 0 Å². The number of unbranched alkanes of at least 4 members (excludes halogenated alkanes) is 9. The lowest BCUT2D eigenvalue weighted by atomic mass is 9.90. The van der Waals surface area contributed by atoms with E-state index in [2.05, 4.69) is 26.0 Å². The van der Waals surface area contributed by atoms with Crippen LogP contribution in [-0.2, 0) is 0 Å². The highest BCUT2D eigenvalue weighted by Crippen LogP contribution is 2.36. The Morgan fingerprint density at radius 1 is 0.762 bits per heavy atom. The molecule has 0 spiro atoms. The zero-order chi connectivity index (χ0) is 15.2. The molecule has 0 heteroatoms. The standard InChI is InChI=1S/C21H40/c1-3-5-7-9-11-13-16-20-18-15-19-21(20)17-14-12-10-8-6-4-2/h13,16,20-21H,3-12,14-15,17-19H2,1-2H3/b16-13+/t20-,21-/m0/s1. The Bertz CT molecular complexity index is 240. The van der Waals surface area contributed by atoms with Crippen molar-refractivity contribution in [3.05, 3.63) is 12.2 Å². The summed E-state index contributed by atoms with van der Waals surface area (Å²) in [6.07, 6.45) is 26.6. The summed E-state index contributed by atoms with van der Waals surface area (Å²) < 4.78 is 0. The van der Waals surface area contributed by atoms with Crippen LogP contribution in [0.25, 0.3) is 0 Å². The first-order valence-corrected chi connectivity index (χ1v) is 10.0. The van der Waals surface area contributed by atoms with E-state index in [0.29, 0.717) is 0 Å². The van der Waals surface area contributed by atoms with Gasteiger partial charge in [0.2, 0.25) is 0 Å².